The molecule has 15 heavy (non-hydrogen) atoms. The van der Waals surface area contributed by atoms with E-state index < -0.39 is 17.7 Å². The number of hydrogen-bond donors (Lipinski definition) is 1. The van der Waals surface area contributed by atoms with E-state index in [1.54, 1.807) is 0 Å². The lowest BCUT2D eigenvalue weighted by atomic mass is 10.2. The van der Waals surface area contributed by atoms with Gasteiger partial charge >= 0.3 is 11.8 Å². The van der Waals surface area contributed by atoms with Crippen molar-refractivity contribution in [3.05, 3.63) is 0 Å². The minimum Gasteiger partial charge on any atom is -0.368 e. The lowest BCUT2D eigenvalue weighted by molar-refractivity contribution is -0.157. The van der Waals surface area contributed by atoms with E-state index >= 15 is 0 Å². The maximum Gasteiger partial charge on any atom is 0.312 e. The number of rotatable bonds is 3. The van der Waals surface area contributed by atoms with Crippen LogP contribution in [0.2, 0.25) is 0 Å². The molecule has 6 heteroatoms. The molecule has 0 aliphatic carbocycles. The quantitative estimate of drug-likeness (QED) is 0.582. The summed E-state index contributed by atoms with van der Waals surface area (Å²) >= 11 is 0. The van der Waals surface area contributed by atoms with Gasteiger partial charge in [0, 0.05) is 19.1 Å². The van der Waals surface area contributed by atoms with E-state index in [0.29, 0.717) is 13.1 Å². The standard InChI is InChI=1S/C9H15N3O3/c1-6(2)12-4-3-11(5-7(10)13)8(14)9(12)15/h6H,3-5H2,1-2H3,(H2,10,13). The molecular weight excluding hydrogens is 198 g/mol. The molecule has 0 radical (unpaired) electrons. The highest BCUT2D eigenvalue weighted by Gasteiger charge is 2.34. The molecule has 0 bridgehead atoms. The van der Waals surface area contributed by atoms with Crippen LogP contribution < -0.4 is 5.73 Å². The number of amides is 3. The first-order chi connectivity index (χ1) is 6.93. The van der Waals surface area contributed by atoms with Gasteiger partial charge in [0.1, 0.15) is 0 Å². The van der Waals surface area contributed by atoms with E-state index in [1.807, 2.05) is 13.8 Å². The smallest absolute Gasteiger partial charge is 0.312 e. The average Bonchev–Trinajstić information content (AvgIpc) is 2.12. The fraction of sp³-hybridized carbons (Fsp3) is 0.667. The van der Waals surface area contributed by atoms with Crippen LogP contribution in [0.25, 0.3) is 0 Å². The molecule has 0 aromatic carbocycles. The molecule has 3 amide bonds. The van der Waals surface area contributed by atoms with Gasteiger partial charge in [0.15, 0.2) is 0 Å². The van der Waals surface area contributed by atoms with Crippen LogP contribution in [0.3, 0.4) is 0 Å². The lowest BCUT2D eigenvalue weighted by Gasteiger charge is -2.35. The topological polar surface area (TPSA) is 83.7 Å². The highest BCUT2D eigenvalue weighted by molar-refractivity contribution is 6.35. The lowest BCUT2D eigenvalue weighted by Crippen LogP contribution is -2.57. The molecule has 0 unspecified atom stereocenters. The Balaban J connectivity index is 2.69. The zero-order valence-corrected chi connectivity index (χ0v) is 8.90. The molecular formula is C9H15N3O3. The monoisotopic (exact) mass is 213 g/mol. The van der Waals surface area contributed by atoms with Crippen molar-refractivity contribution in [2.24, 2.45) is 5.73 Å². The average molecular weight is 213 g/mol. The van der Waals surface area contributed by atoms with Gasteiger partial charge in [-0.15, -0.1) is 0 Å². The minimum atomic E-state index is -0.645. The maximum atomic E-state index is 11.5. The van der Waals surface area contributed by atoms with Crippen LogP contribution in [0.5, 0.6) is 0 Å². The van der Waals surface area contributed by atoms with Crippen molar-refractivity contribution in [3.8, 4) is 0 Å². The van der Waals surface area contributed by atoms with E-state index in [4.69, 9.17) is 5.73 Å². The van der Waals surface area contributed by atoms with Gasteiger partial charge in [0.25, 0.3) is 0 Å². The van der Waals surface area contributed by atoms with E-state index in [9.17, 15) is 14.4 Å². The number of nitrogens with two attached hydrogens (primary N) is 1. The van der Waals surface area contributed by atoms with E-state index in [-0.39, 0.29) is 12.6 Å². The summed E-state index contributed by atoms with van der Waals surface area (Å²) in [6, 6.07) is -0.00261. The Kier molecular flexibility index (Phi) is 3.28. The highest BCUT2D eigenvalue weighted by atomic mass is 16.2. The van der Waals surface area contributed by atoms with E-state index in [1.165, 1.54) is 9.80 Å². The van der Waals surface area contributed by atoms with Gasteiger partial charge in [-0.25, -0.2) is 0 Å². The molecule has 0 atom stereocenters. The normalized spacial score (nSPS) is 17.5. The molecule has 0 aromatic rings. The zero-order valence-electron chi connectivity index (χ0n) is 8.90. The van der Waals surface area contributed by atoms with Gasteiger partial charge < -0.3 is 15.5 Å². The molecule has 1 rings (SSSR count). The van der Waals surface area contributed by atoms with Crippen LogP contribution >= 0.6 is 0 Å². The van der Waals surface area contributed by atoms with Gasteiger partial charge in [0.05, 0.1) is 6.54 Å². The van der Waals surface area contributed by atoms with Crippen molar-refractivity contribution >= 4 is 17.7 Å². The van der Waals surface area contributed by atoms with Crippen LogP contribution in [0.15, 0.2) is 0 Å². The highest BCUT2D eigenvalue weighted by Crippen LogP contribution is 2.08. The van der Waals surface area contributed by atoms with Crippen LogP contribution in [-0.4, -0.2) is 53.2 Å². The van der Waals surface area contributed by atoms with Crippen LogP contribution in [-0.2, 0) is 14.4 Å². The second-order valence-electron chi connectivity index (χ2n) is 3.79. The van der Waals surface area contributed by atoms with Gasteiger partial charge in [-0.1, -0.05) is 0 Å². The first kappa shape index (κ1) is 11.5. The predicted octanol–water partition coefficient (Wildman–Crippen LogP) is -1.45. The van der Waals surface area contributed by atoms with Crippen LogP contribution in [0, 0.1) is 0 Å². The summed E-state index contributed by atoms with van der Waals surface area (Å²) in [6.45, 7) is 4.32. The van der Waals surface area contributed by atoms with Crippen molar-refractivity contribution in [1.82, 2.24) is 9.80 Å². The third kappa shape index (κ3) is 2.45. The third-order valence-electron chi connectivity index (χ3n) is 2.31. The molecule has 84 valence electrons. The number of piperazine rings is 1. The minimum absolute atomic E-state index is 0.00261. The second kappa shape index (κ2) is 4.29. The summed E-state index contributed by atoms with van der Waals surface area (Å²) in [4.78, 5) is 36.4. The Morgan fingerprint density at radius 3 is 2.40 bits per heavy atom. The number of primary amides is 1. The molecule has 0 saturated carbocycles. The van der Waals surface area contributed by atoms with Crippen LogP contribution in [0.4, 0.5) is 0 Å². The van der Waals surface area contributed by atoms with Crippen molar-refractivity contribution < 1.29 is 14.4 Å². The number of nitrogens with zero attached hydrogens (tertiary/aromatic N) is 2. The van der Waals surface area contributed by atoms with Gasteiger partial charge in [-0.05, 0) is 13.8 Å². The van der Waals surface area contributed by atoms with Gasteiger partial charge in [-0.3, -0.25) is 14.4 Å². The first-order valence-corrected chi connectivity index (χ1v) is 4.81. The predicted molar refractivity (Wildman–Crippen MR) is 52.6 cm³/mol. The molecule has 2 N–H and O–H groups in total. The van der Waals surface area contributed by atoms with Gasteiger partial charge in [0.2, 0.25) is 5.91 Å². The fourth-order valence-electron chi connectivity index (χ4n) is 1.52. The molecule has 1 aliphatic heterocycles. The summed E-state index contributed by atoms with van der Waals surface area (Å²) in [7, 11) is 0. The second-order valence-corrected chi connectivity index (χ2v) is 3.79. The Hall–Kier alpha value is -1.59. The zero-order chi connectivity index (χ0) is 11.6. The van der Waals surface area contributed by atoms with Crippen molar-refractivity contribution in [2.45, 2.75) is 19.9 Å². The summed E-state index contributed by atoms with van der Waals surface area (Å²) in [6.07, 6.45) is 0. The maximum absolute atomic E-state index is 11.5. The van der Waals surface area contributed by atoms with Crippen molar-refractivity contribution in [2.75, 3.05) is 19.6 Å². The molecule has 1 aliphatic rings. The van der Waals surface area contributed by atoms with E-state index in [2.05, 4.69) is 0 Å². The van der Waals surface area contributed by atoms with E-state index in [0.717, 1.165) is 0 Å². The molecule has 0 aromatic heterocycles. The summed E-state index contributed by atoms with van der Waals surface area (Å²) < 4.78 is 0. The van der Waals surface area contributed by atoms with Crippen molar-refractivity contribution in [3.63, 3.8) is 0 Å². The van der Waals surface area contributed by atoms with Crippen LogP contribution in [0.1, 0.15) is 13.8 Å². The Labute approximate surface area is 88.0 Å². The SMILES string of the molecule is CC(C)N1CCN(CC(N)=O)C(=O)C1=O. The molecule has 1 heterocycles. The first-order valence-electron chi connectivity index (χ1n) is 4.81. The molecule has 6 nitrogen and oxygen atoms in total. The summed E-state index contributed by atoms with van der Waals surface area (Å²) in [5, 5.41) is 0. The molecule has 1 saturated heterocycles. The Morgan fingerprint density at radius 2 is 1.93 bits per heavy atom. The number of carbonyl (C=O) groups is 3. The fourth-order valence-corrected chi connectivity index (χ4v) is 1.52. The van der Waals surface area contributed by atoms with Gasteiger partial charge in [-0.2, -0.15) is 0 Å². The Morgan fingerprint density at radius 1 is 1.33 bits per heavy atom. The largest absolute Gasteiger partial charge is 0.368 e. The Bertz CT molecular complexity index is 301. The van der Waals surface area contributed by atoms with Crippen molar-refractivity contribution in [1.29, 1.82) is 0 Å². The molecule has 0 spiro atoms. The number of carbonyl (C=O) groups excluding carboxylic acids is 3. The summed E-state index contributed by atoms with van der Waals surface area (Å²) in [5.41, 5.74) is 4.97. The molecule has 1 fully saturated rings. The third-order valence-corrected chi connectivity index (χ3v) is 2.31. The summed E-state index contributed by atoms with van der Waals surface area (Å²) in [5.74, 6) is -1.81. The number of hydrogen-bond acceptors (Lipinski definition) is 3.